The second-order valence-electron chi connectivity index (χ2n) is 5.19. The predicted molar refractivity (Wildman–Crippen MR) is 61.5 cm³/mol. The second kappa shape index (κ2) is 4.20. The summed E-state index contributed by atoms with van der Waals surface area (Å²) < 4.78 is 43.4. The Hall–Kier alpha value is -0.100. The van der Waals surface area contributed by atoms with E-state index >= 15 is 0 Å². The van der Waals surface area contributed by atoms with Crippen LogP contribution in [0.2, 0.25) is 0 Å². The molecule has 0 N–H and O–H groups in total. The third kappa shape index (κ3) is 1.83. The van der Waals surface area contributed by atoms with Crippen molar-refractivity contribution in [1.29, 1.82) is 0 Å². The van der Waals surface area contributed by atoms with E-state index in [2.05, 4.69) is 0 Å². The molecule has 7 heteroatoms. The highest BCUT2D eigenvalue weighted by Crippen LogP contribution is 2.59. The molecule has 0 aromatic carbocycles. The fraction of sp³-hybridized carbons (Fsp3) is 0.909. The van der Waals surface area contributed by atoms with Crippen molar-refractivity contribution in [1.82, 2.24) is 0 Å². The van der Waals surface area contributed by atoms with Crippen LogP contribution in [0.3, 0.4) is 0 Å². The van der Waals surface area contributed by atoms with Crippen molar-refractivity contribution in [2.24, 2.45) is 17.8 Å². The summed E-state index contributed by atoms with van der Waals surface area (Å²) in [7, 11) is 0. The summed E-state index contributed by atoms with van der Waals surface area (Å²) in [6.45, 7) is 0. The molecule has 1 saturated heterocycles. The molecule has 2 bridgehead atoms. The molecule has 3 aliphatic rings. The number of halogens is 4. The number of esters is 1. The number of rotatable bonds is 3. The van der Waals surface area contributed by atoms with Crippen molar-refractivity contribution in [2.45, 2.75) is 35.6 Å². The number of hydrogen-bond acceptors (Lipinski definition) is 3. The van der Waals surface area contributed by atoms with Crippen molar-refractivity contribution in [3.05, 3.63) is 0 Å². The maximum Gasteiger partial charge on any atom is 0.401 e. The van der Waals surface area contributed by atoms with Crippen LogP contribution in [0.4, 0.5) is 13.2 Å². The van der Waals surface area contributed by atoms with Crippen LogP contribution in [0.1, 0.15) is 12.8 Å². The van der Waals surface area contributed by atoms with Crippen LogP contribution >= 0.6 is 23.4 Å². The largest absolute Gasteiger partial charge is 0.461 e. The Morgan fingerprint density at radius 2 is 2.17 bits per heavy atom. The highest BCUT2D eigenvalue weighted by Gasteiger charge is 2.62. The first-order valence-corrected chi connectivity index (χ1v) is 7.38. The first kappa shape index (κ1) is 12.9. The number of carbonyl (C=O) groups is 1. The van der Waals surface area contributed by atoms with Crippen molar-refractivity contribution < 1.29 is 22.7 Å². The molecule has 1 aliphatic heterocycles. The Kier molecular flexibility index (Phi) is 3.01. The van der Waals surface area contributed by atoms with E-state index in [-0.39, 0.29) is 35.1 Å². The van der Waals surface area contributed by atoms with Gasteiger partial charge in [0, 0.05) is 17.0 Å². The average Bonchev–Trinajstić information content (AvgIpc) is 2.86. The molecule has 2 saturated carbocycles. The van der Waals surface area contributed by atoms with E-state index in [1.807, 2.05) is 0 Å². The van der Waals surface area contributed by atoms with E-state index in [0.717, 1.165) is 18.2 Å². The van der Waals surface area contributed by atoms with Crippen LogP contribution in [-0.2, 0) is 9.53 Å². The van der Waals surface area contributed by atoms with Crippen LogP contribution in [0.25, 0.3) is 0 Å². The lowest BCUT2D eigenvalue weighted by Crippen LogP contribution is -2.36. The van der Waals surface area contributed by atoms with Crippen molar-refractivity contribution >= 4 is 29.3 Å². The minimum Gasteiger partial charge on any atom is -0.461 e. The molecule has 102 valence electrons. The van der Waals surface area contributed by atoms with Gasteiger partial charge in [-0.25, -0.2) is 0 Å². The van der Waals surface area contributed by atoms with Gasteiger partial charge in [0.15, 0.2) is 0 Å². The van der Waals surface area contributed by atoms with Gasteiger partial charge in [-0.3, -0.25) is 4.79 Å². The highest BCUT2D eigenvalue weighted by molar-refractivity contribution is 8.00. The van der Waals surface area contributed by atoms with Gasteiger partial charge >= 0.3 is 12.1 Å². The SMILES string of the molecule is O=C1O[C@H]2[C@@H]3C[C@@H](C[C@@H]13)[C@H]2S[C@@H](CCl)C(F)(F)F. The molecule has 1 heterocycles. The molecule has 6 atom stereocenters. The summed E-state index contributed by atoms with van der Waals surface area (Å²) in [5.74, 6) is -0.410. The highest BCUT2D eigenvalue weighted by atomic mass is 35.5. The maximum absolute atomic E-state index is 12.7. The second-order valence-corrected chi connectivity index (χ2v) is 6.88. The fourth-order valence-electron chi connectivity index (χ4n) is 3.48. The lowest BCUT2D eigenvalue weighted by atomic mass is 9.89. The smallest absolute Gasteiger partial charge is 0.401 e. The monoisotopic (exact) mass is 300 g/mol. The van der Waals surface area contributed by atoms with Crippen LogP contribution in [0.15, 0.2) is 0 Å². The minimum atomic E-state index is -4.30. The van der Waals surface area contributed by atoms with Gasteiger partial charge in [0.05, 0.1) is 5.92 Å². The van der Waals surface area contributed by atoms with E-state index in [9.17, 15) is 18.0 Å². The van der Waals surface area contributed by atoms with E-state index < -0.39 is 17.3 Å². The Morgan fingerprint density at radius 1 is 1.44 bits per heavy atom. The van der Waals surface area contributed by atoms with Gasteiger partial charge in [-0.2, -0.15) is 13.2 Å². The first-order valence-electron chi connectivity index (χ1n) is 5.90. The summed E-state index contributed by atoms with van der Waals surface area (Å²) in [6, 6.07) is 0. The summed E-state index contributed by atoms with van der Waals surface area (Å²) >= 11 is 6.26. The number of ether oxygens (including phenoxy) is 1. The molecule has 2 aliphatic carbocycles. The minimum absolute atomic E-state index is 0.0582. The third-order valence-electron chi connectivity index (χ3n) is 4.24. The fourth-order valence-corrected chi connectivity index (χ4v) is 5.34. The molecule has 3 rings (SSSR count). The van der Waals surface area contributed by atoms with Gasteiger partial charge in [-0.1, -0.05) is 0 Å². The molecule has 0 spiro atoms. The topological polar surface area (TPSA) is 26.3 Å². The summed E-state index contributed by atoms with van der Waals surface area (Å²) in [4.78, 5) is 11.5. The summed E-state index contributed by atoms with van der Waals surface area (Å²) in [6.07, 6.45) is -3.11. The summed E-state index contributed by atoms with van der Waals surface area (Å²) in [5, 5.41) is -1.80. The average molecular weight is 301 g/mol. The zero-order valence-corrected chi connectivity index (χ0v) is 10.9. The Labute approximate surface area is 112 Å². The van der Waals surface area contributed by atoms with Crippen LogP contribution in [0, 0.1) is 17.8 Å². The van der Waals surface area contributed by atoms with Gasteiger partial charge in [0.25, 0.3) is 0 Å². The molecular weight excluding hydrogens is 289 g/mol. The van der Waals surface area contributed by atoms with E-state index in [0.29, 0.717) is 6.42 Å². The maximum atomic E-state index is 12.7. The summed E-state index contributed by atoms with van der Waals surface area (Å²) in [5.41, 5.74) is 0. The standard InChI is InChI=1S/C11H12ClF3O2S/c12-3-7(11(13,14)15)18-9-4-1-5-6(2-4)10(16)17-8(5)9/h4-9H,1-3H2/t4-,5+,6+,7-,8-,9+/m0/s1. The third-order valence-corrected chi connectivity index (χ3v) is 6.46. The number of thioether (sulfide) groups is 1. The number of hydrogen-bond donors (Lipinski definition) is 0. The number of fused-ring (bicyclic) bond motifs is 1. The predicted octanol–water partition coefficient (Wildman–Crippen LogP) is 2.84. The van der Waals surface area contributed by atoms with Crippen LogP contribution < -0.4 is 0 Å². The quantitative estimate of drug-likeness (QED) is 0.592. The molecule has 0 amide bonds. The molecule has 0 aromatic heterocycles. The van der Waals surface area contributed by atoms with Crippen molar-refractivity contribution in [3.8, 4) is 0 Å². The van der Waals surface area contributed by atoms with Gasteiger partial charge in [-0.05, 0) is 18.8 Å². The Balaban J connectivity index is 1.73. The van der Waals surface area contributed by atoms with Gasteiger partial charge in [0.1, 0.15) is 11.4 Å². The Morgan fingerprint density at radius 3 is 2.78 bits per heavy atom. The molecule has 18 heavy (non-hydrogen) atoms. The van der Waals surface area contributed by atoms with Gasteiger partial charge in [0.2, 0.25) is 0 Å². The first-order chi connectivity index (χ1) is 8.41. The molecule has 3 fully saturated rings. The molecular formula is C11H12ClF3O2S. The van der Waals surface area contributed by atoms with Gasteiger partial charge in [-0.15, -0.1) is 23.4 Å². The zero-order valence-electron chi connectivity index (χ0n) is 9.32. The van der Waals surface area contributed by atoms with E-state index in [1.54, 1.807) is 0 Å². The van der Waals surface area contributed by atoms with E-state index in [1.165, 1.54) is 0 Å². The van der Waals surface area contributed by atoms with Crippen molar-refractivity contribution in [3.63, 3.8) is 0 Å². The van der Waals surface area contributed by atoms with Gasteiger partial charge < -0.3 is 4.74 Å². The Bertz CT molecular complexity index is 376. The molecule has 0 unspecified atom stereocenters. The normalized spacial score (nSPS) is 43.3. The number of alkyl halides is 4. The lowest BCUT2D eigenvalue weighted by molar-refractivity contribution is -0.143. The molecule has 0 radical (unpaired) electrons. The van der Waals surface area contributed by atoms with Crippen LogP contribution in [0.5, 0.6) is 0 Å². The van der Waals surface area contributed by atoms with Crippen molar-refractivity contribution in [2.75, 3.05) is 5.88 Å². The number of carbonyl (C=O) groups excluding carboxylic acids is 1. The molecule has 0 aromatic rings. The van der Waals surface area contributed by atoms with Crippen LogP contribution in [-0.4, -0.2) is 34.6 Å². The molecule has 2 nitrogen and oxygen atoms in total. The zero-order chi connectivity index (χ0) is 13.1. The lowest BCUT2D eigenvalue weighted by Gasteiger charge is -2.28. The van der Waals surface area contributed by atoms with E-state index in [4.69, 9.17) is 16.3 Å².